The Balaban J connectivity index is 1.95. The summed E-state index contributed by atoms with van der Waals surface area (Å²) >= 11 is 0. The van der Waals surface area contributed by atoms with E-state index in [2.05, 4.69) is 49.9 Å². The summed E-state index contributed by atoms with van der Waals surface area (Å²) in [5.74, 6) is 0.533. The summed E-state index contributed by atoms with van der Waals surface area (Å²) < 4.78 is 12.0. The van der Waals surface area contributed by atoms with E-state index in [1.807, 2.05) is 24.2 Å². The van der Waals surface area contributed by atoms with Crippen molar-refractivity contribution in [3.05, 3.63) is 53.6 Å². The number of benzene rings is 1. The van der Waals surface area contributed by atoms with Crippen LogP contribution < -0.4 is 10.5 Å². The second kappa shape index (κ2) is 9.65. The lowest BCUT2D eigenvalue weighted by Gasteiger charge is -2.40. The molecule has 0 unspecified atom stereocenters. The Hall–Kier alpha value is -2.71. The van der Waals surface area contributed by atoms with Crippen molar-refractivity contribution in [2.45, 2.75) is 58.3 Å². The highest BCUT2D eigenvalue weighted by Gasteiger charge is 2.39. The fourth-order valence-electron chi connectivity index (χ4n) is 3.69. The van der Waals surface area contributed by atoms with Crippen LogP contribution in [0.2, 0.25) is 18.1 Å². The molecule has 0 radical (unpaired) electrons. The highest BCUT2D eigenvalue weighted by atomic mass is 28.4. The number of anilines is 1. The van der Waals surface area contributed by atoms with Crippen molar-refractivity contribution in [3.63, 3.8) is 0 Å². The second-order valence-electron chi connectivity index (χ2n) is 10.1. The molecule has 2 heterocycles. The average molecular weight is 469 g/mol. The number of carbonyl (C=O) groups excluding carboxylic acids is 1. The maximum atomic E-state index is 13.7. The van der Waals surface area contributed by atoms with Gasteiger partial charge in [0.15, 0.2) is 8.32 Å². The summed E-state index contributed by atoms with van der Waals surface area (Å²) in [5, 5.41) is 0.0745. The Morgan fingerprint density at radius 1 is 1.24 bits per heavy atom. The minimum Gasteiger partial charge on any atom is -0.496 e. The van der Waals surface area contributed by atoms with Crippen molar-refractivity contribution in [2.24, 2.45) is 0 Å². The first kappa shape index (κ1) is 24.9. The van der Waals surface area contributed by atoms with Crippen molar-refractivity contribution in [1.82, 2.24) is 14.9 Å². The van der Waals surface area contributed by atoms with E-state index >= 15 is 0 Å². The van der Waals surface area contributed by atoms with Crippen LogP contribution in [0.3, 0.4) is 0 Å². The van der Waals surface area contributed by atoms with Gasteiger partial charge in [0.05, 0.1) is 25.3 Å². The van der Waals surface area contributed by atoms with E-state index in [-0.39, 0.29) is 17.0 Å². The van der Waals surface area contributed by atoms with Crippen LogP contribution in [0.5, 0.6) is 5.75 Å². The third-order valence-corrected chi connectivity index (χ3v) is 11.3. The number of ether oxygens (including phenoxy) is 1. The number of aryl methyl sites for hydroxylation is 1. The molecule has 178 valence electrons. The molecule has 7 nitrogen and oxygen atoms in total. The van der Waals surface area contributed by atoms with Gasteiger partial charge in [-0.3, -0.25) is 4.79 Å². The Labute approximate surface area is 198 Å². The first-order valence-electron chi connectivity index (χ1n) is 11.3. The predicted molar refractivity (Wildman–Crippen MR) is 135 cm³/mol. The van der Waals surface area contributed by atoms with E-state index < -0.39 is 8.32 Å². The van der Waals surface area contributed by atoms with Crippen LogP contribution in [0.25, 0.3) is 5.57 Å². The Kier molecular flexibility index (Phi) is 7.28. The quantitative estimate of drug-likeness (QED) is 0.488. The Morgan fingerprint density at radius 2 is 1.91 bits per heavy atom. The number of nitrogens with two attached hydrogens (primary N) is 1. The summed E-state index contributed by atoms with van der Waals surface area (Å²) in [4.78, 5) is 23.8. The zero-order chi connectivity index (χ0) is 24.4. The second-order valence-corrected chi connectivity index (χ2v) is 14.9. The molecule has 0 bridgehead atoms. The summed E-state index contributed by atoms with van der Waals surface area (Å²) in [6, 6.07) is 3.31. The molecule has 0 spiro atoms. The third kappa shape index (κ3) is 5.44. The number of rotatable bonds is 6. The molecule has 1 aliphatic rings. The molecule has 0 saturated carbocycles. The number of methoxy groups -OCH3 is 1. The molecule has 33 heavy (non-hydrogen) atoms. The van der Waals surface area contributed by atoms with Gasteiger partial charge in [0.2, 0.25) is 0 Å². The molecule has 1 atom stereocenters. The van der Waals surface area contributed by atoms with Gasteiger partial charge >= 0.3 is 0 Å². The monoisotopic (exact) mass is 468 g/mol. The highest BCUT2D eigenvalue weighted by Crippen LogP contribution is 2.37. The van der Waals surface area contributed by atoms with Gasteiger partial charge < -0.3 is 19.8 Å². The number of hydrogen-bond donors (Lipinski definition) is 1. The van der Waals surface area contributed by atoms with Gasteiger partial charge in [0.25, 0.3) is 5.91 Å². The van der Waals surface area contributed by atoms with Crippen LogP contribution in [0.4, 0.5) is 5.69 Å². The first-order chi connectivity index (χ1) is 15.4. The van der Waals surface area contributed by atoms with Crippen molar-refractivity contribution in [2.75, 3.05) is 26.0 Å². The smallest absolute Gasteiger partial charge is 0.256 e. The number of hydrogen-bond acceptors (Lipinski definition) is 6. The van der Waals surface area contributed by atoms with E-state index in [1.165, 1.54) is 6.33 Å². The normalized spacial score (nSPS) is 17.0. The molecule has 3 rings (SSSR count). The van der Waals surface area contributed by atoms with Gasteiger partial charge in [-0.15, -0.1) is 0 Å². The van der Waals surface area contributed by atoms with Gasteiger partial charge in [-0.2, -0.15) is 0 Å². The average Bonchev–Trinajstić information content (AvgIpc) is 2.77. The van der Waals surface area contributed by atoms with Crippen molar-refractivity contribution in [3.8, 4) is 5.75 Å². The van der Waals surface area contributed by atoms with Crippen molar-refractivity contribution < 1.29 is 14.0 Å². The molecular weight excluding hydrogens is 432 g/mol. The van der Waals surface area contributed by atoms with Crippen molar-refractivity contribution >= 4 is 25.5 Å². The van der Waals surface area contributed by atoms with E-state index in [4.69, 9.17) is 14.9 Å². The van der Waals surface area contributed by atoms with Crippen LogP contribution in [0.1, 0.15) is 48.7 Å². The minimum atomic E-state index is -2.00. The number of nitrogens with zero attached hydrogens (tertiary/aromatic N) is 3. The van der Waals surface area contributed by atoms with Crippen LogP contribution in [-0.2, 0) is 4.43 Å². The fraction of sp³-hybridized carbons (Fsp3) is 0.480. The number of aromatic nitrogens is 2. The fourth-order valence-corrected chi connectivity index (χ4v) is 4.71. The van der Waals surface area contributed by atoms with Crippen LogP contribution in [-0.4, -0.2) is 55.4 Å². The third-order valence-electron chi connectivity index (χ3n) is 6.83. The first-order valence-corrected chi connectivity index (χ1v) is 14.2. The lowest BCUT2D eigenvalue weighted by Crippen LogP contribution is -2.49. The molecule has 1 amide bonds. The molecule has 1 aromatic heterocycles. The molecular formula is C25H36N4O3Si. The van der Waals surface area contributed by atoms with Gasteiger partial charge in [-0.05, 0) is 54.7 Å². The Bertz CT molecular complexity index is 1030. The molecule has 1 aliphatic heterocycles. The molecule has 0 fully saturated rings. The number of nitrogen functional groups attached to an aromatic ring is 1. The van der Waals surface area contributed by atoms with E-state index in [1.54, 1.807) is 19.2 Å². The van der Waals surface area contributed by atoms with E-state index in [0.717, 1.165) is 16.7 Å². The number of amides is 1. The molecule has 8 heteroatoms. The molecule has 0 saturated heterocycles. The maximum absolute atomic E-state index is 13.7. The van der Waals surface area contributed by atoms with Crippen molar-refractivity contribution in [1.29, 1.82) is 0 Å². The summed E-state index contributed by atoms with van der Waals surface area (Å²) in [6.45, 7) is 14.0. The standard InChI is InChI=1S/C25H36N4O3Si/c1-17-10-22(26)21(12-23(17)31-5)24(30)29-9-8-18(19-13-27-16-28-14-19)11-20(29)15-32-33(6,7)25(2,3)4/h10-14,16,20H,8-9,15,26H2,1-7H3/t20-/m0/s1. The predicted octanol–water partition coefficient (Wildman–Crippen LogP) is 4.70. The summed E-state index contributed by atoms with van der Waals surface area (Å²) in [5.41, 5.74) is 10.2. The zero-order valence-electron chi connectivity index (χ0n) is 20.8. The van der Waals surface area contributed by atoms with Crippen LogP contribution in [0.15, 0.2) is 36.9 Å². The minimum absolute atomic E-state index is 0.0745. The van der Waals surface area contributed by atoms with Crippen LogP contribution >= 0.6 is 0 Å². The number of carbonyl (C=O) groups is 1. The maximum Gasteiger partial charge on any atom is 0.256 e. The van der Waals surface area contributed by atoms with E-state index in [9.17, 15) is 4.79 Å². The lowest BCUT2D eigenvalue weighted by molar-refractivity contribution is 0.0655. The van der Waals surface area contributed by atoms with Gasteiger partial charge in [-0.1, -0.05) is 26.8 Å². The molecule has 0 aliphatic carbocycles. The Morgan fingerprint density at radius 3 is 2.52 bits per heavy atom. The lowest BCUT2D eigenvalue weighted by atomic mass is 9.96. The zero-order valence-corrected chi connectivity index (χ0v) is 21.8. The molecule has 2 N–H and O–H groups in total. The molecule has 1 aromatic carbocycles. The topological polar surface area (TPSA) is 90.6 Å². The highest BCUT2D eigenvalue weighted by molar-refractivity contribution is 6.74. The largest absolute Gasteiger partial charge is 0.496 e. The van der Waals surface area contributed by atoms with Gasteiger partial charge in [0.1, 0.15) is 12.1 Å². The summed E-state index contributed by atoms with van der Waals surface area (Å²) in [7, 11) is -0.406. The van der Waals surface area contributed by atoms with Gasteiger partial charge in [0, 0.05) is 30.2 Å². The van der Waals surface area contributed by atoms with Gasteiger partial charge in [-0.25, -0.2) is 9.97 Å². The SMILES string of the molecule is COc1cc(C(=O)N2CCC(c3cncnc3)=C[C@H]2CO[Si](C)(C)C(C)(C)C)c(N)cc1C. The van der Waals surface area contributed by atoms with E-state index in [0.29, 0.717) is 36.6 Å². The molecule has 2 aromatic rings. The summed E-state index contributed by atoms with van der Waals surface area (Å²) in [6.07, 6.45) is 7.97. The van der Waals surface area contributed by atoms with Crippen LogP contribution in [0, 0.1) is 6.92 Å².